The van der Waals surface area contributed by atoms with Gasteiger partial charge in [0.15, 0.2) is 11.6 Å². The molecule has 1 heterocycles. The molecular formula is C15H8BrF4N3O2. The number of aromatic nitrogens is 2. The van der Waals surface area contributed by atoms with Gasteiger partial charge in [-0.2, -0.15) is 0 Å². The van der Waals surface area contributed by atoms with Gasteiger partial charge in [0.05, 0.1) is 21.2 Å². The number of anilines is 1. The van der Waals surface area contributed by atoms with Gasteiger partial charge in [-0.25, -0.2) is 9.37 Å². The van der Waals surface area contributed by atoms with Gasteiger partial charge in [-0.15, -0.1) is 13.2 Å². The molecule has 130 valence electrons. The number of hydrogen-bond acceptors (Lipinski definition) is 4. The Morgan fingerprint density at radius 2 is 1.92 bits per heavy atom. The number of hydrogen-bond donors (Lipinski definition) is 1. The Morgan fingerprint density at radius 1 is 1.20 bits per heavy atom. The molecule has 3 rings (SSSR count). The zero-order chi connectivity index (χ0) is 18.4. The van der Waals surface area contributed by atoms with Crippen LogP contribution in [-0.2, 0) is 0 Å². The summed E-state index contributed by atoms with van der Waals surface area (Å²) in [7, 11) is 0. The lowest BCUT2D eigenvalue weighted by molar-refractivity contribution is -0.274. The lowest BCUT2D eigenvalue weighted by Crippen LogP contribution is -2.20. The molecule has 0 aliphatic carbocycles. The third-order valence-electron chi connectivity index (χ3n) is 3.32. The summed E-state index contributed by atoms with van der Waals surface area (Å²) in [5, 5.41) is 0.0115. The van der Waals surface area contributed by atoms with E-state index < -0.39 is 23.5 Å². The van der Waals surface area contributed by atoms with E-state index in [2.05, 4.69) is 25.7 Å². The van der Waals surface area contributed by atoms with E-state index in [1.165, 1.54) is 18.2 Å². The minimum atomic E-state index is -4.89. The summed E-state index contributed by atoms with van der Waals surface area (Å²) in [5.74, 6) is -1.27. The van der Waals surface area contributed by atoms with E-state index in [1.54, 1.807) is 0 Å². The van der Waals surface area contributed by atoms with Gasteiger partial charge in [0.25, 0.3) is 5.56 Å². The molecule has 10 heteroatoms. The van der Waals surface area contributed by atoms with Gasteiger partial charge >= 0.3 is 6.36 Å². The van der Waals surface area contributed by atoms with E-state index in [0.29, 0.717) is 0 Å². The number of nitrogen functional groups attached to an aromatic ring is 1. The Balaban J connectivity index is 2.11. The van der Waals surface area contributed by atoms with E-state index in [4.69, 9.17) is 5.73 Å². The van der Waals surface area contributed by atoms with Gasteiger partial charge in [0, 0.05) is 0 Å². The van der Waals surface area contributed by atoms with Crippen LogP contribution in [-0.4, -0.2) is 15.9 Å². The van der Waals surface area contributed by atoms with E-state index >= 15 is 0 Å². The predicted molar refractivity (Wildman–Crippen MR) is 86.1 cm³/mol. The molecule has 0 aliphatic rings. The predicted octanol–water partition coefficient (Wildman–Crippen LogP) is 3.77. The van der Waals surface area contributed by atoms with Crippen molar-refractivity contribution in [1.82, 2.24) is 9.55 Å². The van der Waals surface area contributed by atoms with Crippen LogP contribution >= 0.6 is 15.9 Å². The van der Waals surface area contributed by atoms with Crippen molar-refractivity contribution in [1.29, 1.82) is 0 Å². The molecule has 0 atom stereocenters. The second kappa shape index (κ2) is 6.03. The van der Waals surface area contributed by atoms with E-state index in [0.717, 1.165) is 23.0 Å². The first-order chi connectivity index (χ1) is 11.7. The van der Waals surface area contributed by atoms with Crippen molar-refractivity contribution < 1.29 is 22.3 Å². The normalized spacial score (nSPS) is 11.7. The van der Waals surface area contributed by atoms with Gasteiger partial charge in [0.1, 0.15) is 11.8 Å². The molecule has 1 aromatic heterocycles. The molecule has 0 fully saturated rings. The maximum atomic E-state index is 14.0. The number of benzene rings is 2. The Hall–Kier alpha value is -2.62. The maximum Gasteiger partial charge on any atom is 0.573 e. The summed E-state index contributed by atoms with van der Waals surface area (Å²) in [4.78, 5) is 16.4. The minimum absolute atomic E-state index is 0.0115. The quantitative estimate of drug-likeness (QED) is 0.508. The second-order valence-corrected chi connectivity index (χ2v) is 5.80. The zero-order valence-corrected chi connectivity index (χ0v) is 13.7. The van der Waals surface area contributed by atoms with Gasteiger partial charge < -0.3 is 10.5 Å². The highest BCUT2D eigenvalue weighted by atomic mass is 79.9. The number of alkyl halides is 3. The van der Waals surface area contributed by atoms with E-state index in [-0.39, 0.29) is 26.8 Å². The first-order valence-electron chi connectivity index (χ1n) is 6.68. The fourth-order valence-corrected chi connectivity index (χ4v) is 2.54. The van der Waals surface area contributed by atoms with Crippen LogP contribution in [0.3, 0.4) is 0 Å². The lowest BCUT2D eigenvalue weighted by Gasteiger charge is -2.13. The van der Waals surface area contributed by atoms with Gasteiger partial charge in [-0.05, 0) is 46.3 Å². The third-order valence-corrected chi connectivity index (χ3v) is 3.93. The number of fused-ring (bicyclic) bond motifs is 1. The molecule has 5 nitrogen and oxygen atoms in total. The molecular weight excluding hydrogens is 410 g/mol. The van der Waals surface area contributed by atoms with E-state index in [1.807, 2.05) is 0 Å². The molecule has 2 aromatic carbocycles. The summed E-state index contributed by atoms with van der Waals surface area (Å²) in [6, 6.07) is 6.07. The van der Waals surface area contributed by atoms with Crippen molar-refractivity contribution in [2.75, 3.05) is 5.73 Å². The highest BCUT2D eigenvalue weighted by molar-refractivity contribution is 9.10. The van der Waals surface area contributed by atoms with Crippen LogP contribution in [0.4, 0.5) is 23.2 Å². The first-order valence-corrected chi connectivity index (χ1v) is 7.47. The van der Waals surface area contributed by atoms with Crippen molar-refractivity contribution in [3.8, 4) is 11.4 Å². The monoisotopic (exact) mass is 417 g/mol. The molecule has 0 spiro atoms. The Kier molecular flexibility index (Phi) is 4.15. The summed E-state index contributed by atoms with van der Waals surface area (Å²) < 4.78 is 55.8. The number of ether oxygens (including phenoxy) is 1. The van der Waals surface area contributed by atoms with Crippen molar-refractivity contribution in [2.24, 2.45) is 0 Å². The Labute approximate surface area is 145 Å². The Morgan fingerprint density at radius 3 is 2.56 bits per heavy atom. The molecule has 0 unspecified atom stereocenters. The van der Waals surface area contributed by atoms with Crippen molar-refractivity contribution in [3.05, 3.63) is 57.3 Å². The van der Waals surface area contributed by atoms with Crippen LogP contribution in [0.15, 0.2) is 45.9 Å². The number of nitrogens with two attached hydrogens (primary N) is 1. The minimum Gasteiger partial charge on any atom is -0.404 e. The molecule has 3 aromatic rings. The molecule has 2 N–H and O–H groups in total. The molecule has 0 aliphatic heterocycles. The van der Waals surface area contributed by atoms with Crippen LogP contribution in [0.5, 0.6) is 5.75 Å². The second-order valence-electron chi connectivity index (χ2n) is 4.95. The van der Waals surface area contributed by atoms with E-state index in [9.17, 15) is 22.4 Å². The van der Waals surface area contributed by atoms with Gasteiger partial charge in [-0.1, -0.05) is 0 Å². The lowest BCUT2D eigenvalue weighted by atomic mass is 10.2. The SMILES string of the molecule is Nc1cc(-n2cnc3c(F)c(Br)ccc3c2=O)ccc1OC(F)(F)F. The van der Waals surface area contributed by atoms with Crippen LogP contribution in [0.2, 0.25) is 0 Å². The summed E-state index contributed by atoms with van der Waals surface area (Å²) in [6.45, 7) is 0. The van der Waals surface area contributed by atoms with Crippen LogP contribution < -0.4 is 16.0 Å². The van der Waals surface area contributed by atoms with Gasteiger partial charge in [0.2, 0.25) is 0 Å². The molecule has 0 saturated carbocycles. The average Bonchev–Trinajstić information content (AvgIpc) is 2.52. The first kappa shape index (κ1) is 17.2. The number of halogens is 5. The number of nitrogens with zero attached hydrogens (tertiary/aromatic N) is 2. The molecule has 0 radical (unpaired) electrons. The average molecular weight is 418 g/mol. The van der Waals surface area contributed by atoms with Crippen molar-refractivity contribution in [2.45, 2.75) is 6.36 Å². The summed E-state index contributed by atoms with van der Waals surface area (Å²) in [6.07, 6.45) is -3.82. The molecule has 0 bridgehead atoms. The number of rotatable bonds is 2. The van der Waals surface area contributed by atoms with Crippen molar-refractivity contribution in [3.63, 3.8) is 0 Å². The molecule has 0 amide bonds. The topological polar surface area (TPSA) is 70.1 Å². The van der Waals surface area contributed by atoms with Crippen LogP contribution in [0.1, 0.15) is 0 Å². The molecule has 0 saturated heterocycles. The standard InChI is InChI=1S/C15H8BrF4N3O2/c16-9-3-2-8-13(12(9)17)22-6-23(14(8)24)7-1-4-11(10(21)5-7)25-15(18,19)20/h1-6H,21H2. The largest absolute Gasteiger partial charge is 0.573 e. The zero-order valence-electron chi connectivity index (χ0n) is 12.1. The third kappa shape index (κ3) is 3.29. The smallest absolute Gasteiger partial charge is 0.404 e. The van der Waals surface area contributed by atoms with Crippen LogP contribution in [0, 0.1) is 5.82 Å². The fraction of sp³-hybridized carbons (Fsp3) is 0.0667. The fourth-order valence-electron chi connectivity index (χ4n) is 2.22. The summed E-state index contributed by atoms with van der Waals surface area (Å²) in [5.41, 5.74) is 4.67. The maximum absolute atomic E-state index is 14.0. The highest BCUT2D eigenvalue weighted by Crippen LogP contribution is 2.30. The van der Waals surface area contributed by atoms with Crippen molar-refractivity contribution >= 4 is 32.5 Å². The van der Waals surface area contributed by atoms with Crippen LogP contribution in [0.25, 0.3) is 16.6 Å². The molecule has 25 heavy (non-hydrogen) atoms. The highest BCUT2D eigenvalue weighted by Gasteiger charge is 2.32. The summed E-state index contributed by atoms with van der Waals surface area (Å²) >= 11 is 3.00. The Bertz CT molecular complexity index is 1030. The van der Waals surface area contributed by atoms with Gasteiger partial charge in [-0.3, -0.25) is 9.36 Å².